The maximum Gasteiger partial charge on any atom is 0.251 e. The summed E-state index contributed by atoms with van der Waals surface area (Å²) in [6.07, 6.45) is 0.830. The van der Waals surface area contributed by atoms with Crippen molar-refractivity contribution in [2.24, 2.45) is 5.84 Å². The quantitative estimate of drug-likeness (QED) is 0.256. The number of nitrogens with one attached hydrogen (secondary N) is 2. The first-order chi connectivity index (χ1) is 5.27. The van der Waals surface area contributed by atoms with E-state index in [1.807, 2.05) is 0 Å². The van der Waals surface area contributed by atoms with E-state index in [0.29, 0.717) is 13.0 Å². The zero-order valence-corrected chi connectivity index (χ0v) is 6.46. The number of carbonyl (C=O) groups excluding carboxylic acids is 1. The van der Waals surface area contributed by atoms with Crippen LogP contribution in [0.25, 0.3) is 0 Å². The van der Waals surface area contributed by atoms with Gasteiger partial charge in [-0.15, -0.1) is 0 Å². The lowest BCUT2D eigenvalue weighted by Gasteiger charge is -2.06. The van der Waals surface area contributed by atoms with Gasteiger partial charge in [-0.3, -0.25) is 10.2 Å². The highest BCUT2D eigenvalue weighted by Crippen LogP contribution is 2.08. The molecule has 0 spiro atoms. The minimum absolute atomic E-state index is 0.136. The normalized spacial score (nSPS) is 30.4. The van der Waals surface area contributed by atoms with Gasteiger partial charge >= 0.3 is 0 Å². The summed E-state index contributed by atoms with van der Waals surface area (Å²) in [6.45, 7) is 0.717. The zero-order valence-electron chi connectivity index (χ0n) is 6.46. The standard InChI is InChI=1S/C6H13N3O2/c1-11-4-2-5(8-3-4)6(10)9-7/h4-5,8H,2-3,7H2,1H3,(H,9,10). The molecule has 1 amide bonds. The van der Waals surface area contributed by atoms with Gasteiger partial charge in [0.1, 0.15) is 0 Å². The van der Waals surface area contributed by atoms with Gasteiger partial charge in [0.05, 0.1) is 12.1 Å². The molecule has 5 heteroatoms. The Morgan fingerprint density at radius 1 is 1.82 bits per heavy atom. The van der Waals surface area contributed by atoms with Crippen molar-refractivity contribution in [3.63, 3.8) is 0 Å². The Balaban J connectivity index is 2.35. The topological polar surface area (TPSA) is 76.4 Å². The van der Waals surface area contributed by atoms with E-state index in [1.54, 1.807) is 7.11 Å². The van der Waals surface area contributed by atoms with Crippen molar-refractivity contribution < 1.29 is 9.53 Å². The highest BCUT2D eigenvalue weighted by Gasteiger charge is 2.28. The van der Waals surface area contributed by atoms with Gasteiger partial charge in [-0.25, -0.2) is 5.84 Å². The van der Waals surface area contributed by atoms with Crippen LogP contribution in [0.4, 0.5) is 0 Å². The van der Waals surface area contributed by atoms with Crippen LogP contribution in [0, 0.1) is 0 Å². The Morgan fingerprint density at radius 2 is 2.55 bits per heavy atom. The number of nitrogens with two attached hydrogens (primary N) is 1. The fraction of sp³-hybridized carbons (Fsp3) is 0.833. The monoisotopic (exact) mass is 159 g/mol. The van der Waals surface area contributed by atoms with Crippen LogP contribution in [-0.4, -0.2) is 31.7 Å². The fourth-order valence-corrected chi connectivity index (χ4v) is 1.18. The highest BCUT2D eigenvalue weighted by molar-refractivity contribution is 5.81. The summed E-state index contributed by atoms with van der Waals surface area (Å²) < 4.78 is 5.05. The van der Waals surface area contributed by atoms with E-state index in [2.05, 4.69) is 10.7 Å². The third kappa shape index (κ3) is 1.89. The molecule has 0 radical (unpaired) electrons. The second-order valence-electron chi connectivity index (χ2n) is 2.56. The number of ether oxygens (including phenoxy) is 1. The average molecular weight is 159 g/mol. The molecule has 0 saturated carbocycles. The van der Waals surface area contributed by atoms with Crippen molar-refractivity contribution in [3.8, 4) is 0 Å². The summed E-state index contributed by atoms with van der Waals surface area (Å²) in [5.41, 5.74) is 2.09. The third-order valence-corrected chi connectivity index (χ3v) is 1.88. The molecule has 0 aromatic heterocycles. The van der Waals surface area contributed by atoms with Crippen molar-refractivity contribution in [3.05, 3.63) is 0 Å². The smallest absolute Gasteiger partial charge is 0.251 e. The van der Waals surface area contributed by atoms with Crippen LogP contribution in [0.3, 0.4) is 0 Å². The van der Waals surface area contributed by atoms with E-state index in [1.165, 1.54) is 0 Å². The Bertz CT molecular complexity index is 151. The molecule has 2 unspecified atom stereocenters. The molecule has 2 atom stereocenters. The Morgan fingerprint density at radius 3 is 3.00 bits per heavy atom. The minimum Gasteiger partial charge on any atom is -0.380 e. The predicted octanol–water partition coefficient (Wildman–Crippen LogP) is -1.65. The first-order valence-electron chi connectivity index (χ1n) is 3.54. The zero-order chi connectivity index (χ0) is 8.27. The molecule has 1 fully saturated rings. The summed E-state index contributed by atoms with van der Waals surface area (Å²) in [6, 6.07) is -0.190. The van der Waals surface area contributed by atoms with Gasteiger partial charge in [-0.1, -0.05) is 0 Å². The van der Waals surface area contributed by atoms with Crippen LogP contribution in [0.15, 0.2) is 0 Å². The molecule has 4 N–H and O–H groups in total. The molecule has 1 saturated heterocycles. The molecule has 1 aliphatic rings. The second kappa shape index (κ2) is 3.66. The summed E-state index contributed by atoms with van der Waals surface area (Å²) in [5.74, 6) is 4.78. The molecular formula is C6H13N3O2. The summed E-state index contributed by atoms with van der Waals surface area (Å²) >= 11 is 0. The second-order valence-corrected chi connectivity index (χ2v) is 2.56. The minimum atomic E-state index is -0.190. The first-order valence-corrected chi connectivity index (χ1v) is 3.54. The Hall–Kier alpha value is -0.650. The molecule has 0 aromatic carbocycles. The number of carbonyl (C=O) groups is 1. The Kier molecular flexibility index (Phi) is 2.81. The van der Waals surface area contributed by atoms with Gasteiger partial charge in [0, 0.05) is 13.7 Å². The predicted molar refractivity (Wildman–Crippen MR) is 39.5 cm³/mol. The number of amides is 1. The van der Waals surface area contributed by atoms with E-state index >= 15 is 0 Å². The van der Waals surface area contributed by atoms with Crippen LogP contribution >= 0.6 is 0 Å². The molecule has 1 heterocycles. The maximum absolute atomic E-state index is 10.9. The molecule has 1 aliphatic heterocycles. The molecular weight excluding hydrogens is 146 g/mol. The van der Waals surface area contributed by atoms with Gasteiger partial charge < -0.3 is 10.1 Å². The SMILES string of the molecule is COC1CNC(C(=O)NN)C1. The van der Waals surface area contributed by atoms with Crippen LogP contribution < -0.4 is 16.6 Å². The fourth-order valence-electron chi connectivity index (χ4n) is 1.18. The van der Waals surface area contributed by atoms with E-state index in [-0.39, 0.29) is 18.1 Å². The molecule has 1 rings (SSSR count). The van der Waals surface area contributed by atoms with Crippen molar-refractivity contribution in [1.29, 1.82) is 0 Å². The van der Waals surface area contributed by atoms with Crippen molar-refractivity contribution in [2.45, 2.75) is 18.6 Å². The van der Waals surface area contributed by atoms with Crippen LogP contribution in [0.1, 0.15) is 6.42 Å². The van der Waals surface area contributed by atoms with Gasteiger partial charge in [-0.2, -0.15) is 0 Å². The van der Waals surface area contributed by atoms with Crippen LogP contribution in [-0.2, 0) is 9.53 Å². The Labute approximate surface area is 65.2 Å². The number of hydrogen-bond donors (Lipinski definition) is 3. The van der Waals surface area contributed by atoms with Crippen LogP contribution in [0.2, 0.25) is 0 Å². The van der Waals surface area contributed by atoms with E-state index in [0.717, 1.165) is 0 Å². The number of methoxy groups -OCH3 is 1. The third-order valence-electron chi connectivity index (χ3n) is 1.88. The van der Waals surface area contributed by atoms with Crippen molar-refractivity contribution in [2.75, 3.05) is 13.7 Å². The average Bonchev–Trinajstić information content (AvgIpc) is 2.50. The van der Waals surface area contributed by atoms with E-state index < -0.39 is 0 Å². The number of hydrogen-bond acceptors (Lipinski definition) is 4. The van der Waals surface area contributed by atoms with Gasteiger partial charge in [0.15, 0.2) is 0 Å². The van der Waals surface area contributed by atoms with Crippen molar-refractivity contribution in [1.82, 2.24) is 10.7 Å². The number of hydrazine groups is 1. The molecule has 5 nitrogen and oxygen atoms in total. The largest absolute Gasteiger partial charge is 0.380 e. The molecule has 0 bridgehead atoms. The van der Waals surface area contributed by atoms with Gasteiger partial charge in [0.2, 0.25) is 0 Å². The van der Waals surface area contributed by atoms with Gasteiger partial charge in [-0.05, 0) is 6.42 Å². The summed E-state index contributed by atoms with van der Waals surface area (Å²) in [4.78, 5) is 10.9. The summed E-state index contributed by atoms with van der Waals surface area (Å²) in [7, 11) is 1.63. The highest BCUT2D eigenvalue weighted by atomic mass is 16.5. The molecule has 64 valence electrons. The lowest BCUT2D eigenvalue weighted by atomic mass is 10.2. The first kappa shape index (κ1) is 8.45. The molecule has 0 aromatic rings. The lowest BCUT2D eigenvalue weighted by molar-refractivity contribution is -0.123. The van der Waals surface area contributed by atoms with Crippen molar-refractivity contribution >= 4 is 5.91 Å². The van der Waals surface area contributed by atoms with Crippen LogP contribution in [0.5, 0.6) is 0 Å². The molecule has 0 aliphatic carbocycles. The number of rotatable bonds is 2. The molecule has 11 heavy (non-hydrogen) atoms. The van der Waals surface area contributed by atoms with E-state index in [9.17, 15) is 4.79 Å². The maximum atomic E-state index is 10.9. The van der Waals surface area contributed by atoms with Gasteiger partial charge in [0.25, 0.3) is 5.91 Å². The van der Waals surface area contributed by atoms with E-state index in [4.69, 9.17) is 10.6 Å². The lowest BCUT2D eigenvalue weighted by Crippen LogP contribution is -2.43. The summed E-state index contributed by atoms with van der Waals surface area (Å²) in [5, 5.41) is 2.99.